The van der Waals surface area contributed by atoms with E-state index >= 15 is 0 Å². The van der Waals surface area contributed by atoms with Crippen molar-refractivity contribution in [3.63, 3.8) is 0 Å². The molecule has 25 heavy (non-hydrogen) atoms. The number of nitrogens with one attached hydrogen (secondary N) is 2. The molecule has 1 aromatic heterocycles. The second-order valence-corrected chi connectivity index (χ2v) is 8.63. The molecule has 1 saturated heterocycles. The number of benzene rings is 1. The van der Waals surface area contributed by atoms with Gasteiger partial charge in [0.15, 0.2) is 0 Å². The first kappa shape index (κ1) is 16.9. The van der Waals surface area contributed by atoms with Gasteiger partial charge in [0.05, 0.1) is 10.6 Å². The van der Waals surface area contributed by atoms with Gasteiger partial charge >= 0.3 is 0 Å². The Kier molecular flexibility index (Phi) is 5.29. The Labute approximate surface area is 157 Å². The second kappa shape index (κ2) is 7.81. The zero-order valence-corrected chi connectivity index (χ0v) is 16.0. The lowest BCUT2D eigenvalue weighted by Gasteiger charge is -2.32. The first-order chi connectivity index (χ1) is 12.3. The van der Waals surface area contributed by atoms with E-state index in [9.17, 15) is 0 Å². The number of nitrogens with zero attached hydrogens (tertiary/aromatic N) is 2. The summed E-state index contributed by atoms with van der Waals surface area (Å²) < 4.78 is 0. The van der Waals surface area contributed by atoms with E-state index in [0.29, 0.717) is 5.84 Å². The molecular formula is C19H24N4S2. The quantitative estimate of drug-likeness (QED) is 0.610. The molecule has 0 atom stereocenters. The fraction of sp³-hybridized carbons (Fsp3) is 0.421. The van der Waals surface area contributed by atoms with E-state index in [1.165, 1.54) is 36.5 Å². The molecule has 0 radical (unpaired) electrons. The van der Waals surface area contributed by atoms with Crippen molar-refractivity contribution in [2.45, 2.75) is 17.7 Å². The second-order valence-electron chi connectivity index (χ2n) is 6.54. The van der Waals surface area contributed by atoms with Gasteiger partial charge < -0.3 is 15.1 Å². The van der Waals surface area contributed by atoms with Crippen LogP contribution in [0, 0.1) is 5.41 Å². The van der Waals surface area contributed by atoms with Crippen molar-refractivity contribution < 1.29 is 0 Å². The van der Waals surface area contributed by atoms with Crippen LogP contribution in [-0.4, -0.2) is 49.2 Å². The van der Waals surface area contributed by atoms with Gasteiger partial charge in [-0.05, 0) is 55.6 Å². The van der Waals surface area contributed by atoms with Crippen molar-refractivity contribution in [2.24, 2.45) is 0 Å². The van der Waals surface area contributed by atoms with Crippen LogP contribution in [0.1, 0.15) is 17.7 Å². The van der Waals surface area contributed by atoms with Gasteiger partial charge in [-0.1, -0.05) is 6.07 Å². The van der Waals surface area contributed by atoms with E-state index < -0.39 is 0 Å². The van der Waals surface area contributed by atoms with Crippen molar-refractivity contribution >= 4 is 40.3 Å². The average molecular weight is 373 g/mol. The van der Waals surface area contributed by atoms with Gasteiger partial charge in [-0.3, -0.25) is 5.41 Å². The summed E-state index contributed by atoms with van der Waals surface area (Å²) in [5.41, 5.74) is 2.32. The molecule has 1 fully saturated rings. The summed E-state index contributed by atoms with van der Waals surface area (Å²) in [5.74, 6) is 1.63. The first-order valence-electron chi connectivity index (χ1n) is 8.93. The Morgan fingerprint density at radius 2 is 2.00 bits per heavy atom. The monoisotopic (exact) mass is 372 g/mol. The summed E-state index contributed by atoms with van der Waals surface area (Å²) in [6.45, 7) is 5.88. The maximum absolute atomic E-state index is 8.24. The van der Waals surface area contributed by atoms with Crippen LogP contribution in [0.25, 0.3) is 0 Å². The summed E-state index contributed by atoms with van der Waals surface area (Å²) >= 11 is 3.54. The van der Waals surface area contributed by atoms with Crippen molar-refractivity contribution in [2.75, 3.05) is 48.7 Å². The van der Waals surface area contributed by atoms with Crippen molar-refractivity contribution in [1.29, 1.82) is 5.41 Å². The van der Waals surface area contributed by atoms with E-state index in [4.69, 9.17) is 5.41 Å². The predicted molar refractivity (Wildman–Crippen MR) is 110 cm³/mol. The third-order valence-corrected chi connectivity index (χ3v) is 6.77. The molecule has 2 aliphatic heterocycles. The summed E-state index contributed by atoms with van der Waals surface area (Å²) in [5, 5.41) is 13.5. The van der Waals surface area contributed by atoms with Crippen LogP contribution in [0.15, 0.2) is 40.6 Å². The smallest absolute Gasteiger partial charge is 0.140 e. The third-order valence-electron chi connectivity index (χ3n) is 4.84. The summed E-state index contributed by atoms with van der Waals surface area (Å²) in [6, 6.07) is 10.5. The molecular weight excluding hydrogens is 348 g/mol. The molecule has 2 aliphatic rings. The number of thiophene rings is 1. The van der Waals surface area contributed by atoms with Crippen LogP contribution in [0.3, 0.4) is 0 Å². The zero-order valence-electron chi connectivity index (χ0n) is 14.3. The molecule has 2 aromatic rings. The average Bonchev–Trinajstić information content (AvgIpc) is 3.33. The maximum Gasteiger partial charge on any atom is 0.140 e. The number of hydrogen-bond acceptors (Lipinski definition) is 5. The summed E-state index contributed by atoms with van der Waals surface area (Å²) in [6.07, 6.45) is 2.71. The zero-order chi connectivity index (χ0) is 17.1. The van der Waals surface area contributed by atoms with Crippen LogP contribution in [0.5, 0.6) is 0 Å². The first-order valence-corrected chi connectivity index (χ1v) is 10.8. The van der Waals surface area contributed by atoms with Crippen LogP contribution in [0.4, 0.5) is 11.4 Å². The molecule has 0 spiro atoms. The third kappa shape index (κ3) is 4.02. The molecule has 0 saturated carbocycles. The SMILES string of the molecule is N=C(Nc1ccc2c(c1)N(CCN1CCCC1)CCS2)c1cccs1. The van der Waals surface area contributed by atoms with Crippen molar-refractivity contribution in [3.8, 4) is 0 Å². The molecule has 0 amide bonds. The lowest BCUT2D eigenvalue weighted by molar-refractivity contribution is 0.345. The molecule has 6 heteroatoms. The van der Waals surface area contributed by atoms with Gasteiger partial charge in [0.2, 0.25) is 0 Å². The Morgan fingerprint density at radius 1 is 1.12 bits per heavy atom. The van der Waals surface area contributed by atoms with Gasteiger partial charge in [0.1, 0.15) is 5.84 Å². The normalized spacial score (nSPS) is 17.5. The van der Waals surface area contributed by atoms with Crippen LogP contribution >= 0.6 is 23.1 Å². The molecule has 132 valence electrons. The van der Waals surface area contributed by atoms with E-state index in [-0.39, 0.29) is 0 Å². The van der Waals surface area contributed by atoms with Crippen molar-refractivity contribution in [3.05, 3.63) is 40.6 Å². The number of anilines is 2. The molecule has 0 bridgehead atoms. The van der Waals surface area contributed by atoms with Crippen LogP contribution < -0.4 is 10.2 Å². The largest absolute Gasteiger partial charge is 0.368 e. The highest BCUT2D eigenvalue weighted by molar-refractivity contribution is 7.99. The lowest BCUT2D eigenvalue weighted by atomic mass is 10.2. The molecule has 0 unspecified atom stereocenters. The molecule has 1 aromatic carbocycles. The molecule has 4 rings (SSSR count). The maximum atomic E-state index is 8.24. The fourth-order valence-electron chi connectivity index (χ4n) is 3.48. The number of fused-ring (bicyclic) bond motifs is 1. The number of amidine groups is 1. The summed E-state index contributed by atoms with van der Waals surface area (Å²) in [7, 11) is 0. The minimum Gasteiger partial charge on any atom is -0.368 e. The van der Waals surface area contributed by atoms with Gasteiger partial charge in [-0.15, -0.1) is 23.1 Å². The molecule has 3 heterocycles. The van der Waals surface area contributed by atoms with E-state index in [2.05, 4.69) is 33.3 Å². The standard InChI is InChI=1S/C19H24N4S2/c20-19(18-4-3-12-24-18)21-15-5-6-17-16(14-15)23(11-13-25-17)10-9-22-7-1-2-8-22/h3-6,12,14H,1-2,7-11,13H2,(H2,20,21). The highest BCUT2D eigenvalue weighted by Gasteiger charge is 2.20. The number of thioether (sulfide) groups is 1. The topological polar surface area (TPSA) is 42.4 Å². The van der Waals surface area contributed by atoms with Gasteiger partial charge in [0, 0.05) is 36.0 Å². The van der Waals surface area contributed by atoms with E-state index in [1.807, 2.05) is 29.3 Å². The Hall–Kier alpha value is -1.50. The molecule has 2 N–H and O–H groups in total. The Balaban J connectivity index is 1.46. The number of likely N-dealkylation sites (tertiary alicyclic amines) is 1. The predicted octanol–water partition coefficient (Wildman–Crippen LogP) is 4.19. The Bertz CT molecular complexity index is 723. The minimum absolute atomic E-state index is 0.474. The van der Waals surface area contributed by atoms with Gasteiger partial charge in [-0.2, -0.15) is 0 Å². The highest BCUT2D eigenvalue weighted by Crippen LogP contribution is 2.36. The van der Waals surface area contributed by atoms with Crippen LogP contribution in [-0.2, 0) is 0 Å². The summed E-state index contributed by atoms with van der Waals surface area (Å²) in [4.78, 5) is 7.43. The van der Waals surface area contributed by atoms with E-state index in [0.717, 1.165) is 36.0 Å². The highest BCUT2D eigenvalue weighted by atomic mass is 32.2. The van der Waals surface area contributed by atoms with Crippen LogP contribution in [0.2, 0.25) is 0 Å². The van der Waals surface area contributed by atoms with Gasteiger partial charge in [-0.25, -0.2) is 0 Å². The Morgan fingerprint density at radius 3 is 2.80 bits per heavy atom. The van der Waals surface area contributed by atoms with Crippen molar-refractivity contribution in [1.82, 2.24) is 4.90 Å². The van der Waals surface area contributed by atoms with E-state index in [1.54, 1.807) is 11.3 Å². The minimum atomic E-state index is 0.474. The molecule has 4 nitrogen and oxygen atoms in total. The van der Waals surface area contributed by atoms with Gasteiger partial charge in [0.25, 0.3) is 0 Å². The number of rotatable bonds is 5. The number of hydrogen-bond donors (Lipinski definition) is 2. The fourth-order valence-corrected chi connectivity index (χ4v) is 5.14. The molecule has 0 aliphatic carbocycles. The lowest BCUT2D eigenvalue weighted by Crippen LogP contribution is -2.36.